The zero-order valence-electron chi connectivity index (χ0n) is 21.4. The number of nitrogens with one attached hydrogen (secondary N) is 3. The Labute approximate surface area is 216 Å². The minimum atomic E-state index is -0.489. The molecule has 37 heavy (non-hydrogen) atoms. The molecule has 0 aliphatic carbocycles. The van der Waals surface area contributed by atoms with E-state index in [4.69, 9.17) is 10.5 Å². The molecular weight excluding hydrogens is 466 g/mol. The minimum absolute atomic E-state index is 0.420. The number of nitrogens with two attached hydrogens (primary N) is 1. The van der Waals surface area contributed by atoms with Gasteiger partial charge in [-0.05, 0) is 44.2 Å². The first-order valence-electron chi connectivity index (χ1n) is 12.5. The number of rotatable bonds is 8. The third kappa shape index (κ3) is 5.17. The normalized spacial score (nSPS) is 14.2. The predicted molar refractivity (Wildman–Crippen MR) is 150 cm³/mol. The Morgan fingerprint density at radius 3 is 2.51 bits per heavy atom. The summed E-state index contributed by atoms with van der Waals surface area (Å²) in [5.41, 5.74) is 10.2. The number of amides is 1. The number of para-hydroxylation sites is 1. The Balaban J connectivity index is 1.37. The lowest BCUT2D eigenvalue weighted by Gasteiger charge is -2.38. The molecule has 9 nitrogen and oxygen atoms in total. The number of pyridine rings is 1. The summed E-state index contributed by atoms with van der Waals surface area (Å²) in [6, 6.07) is 16.0. The van der Waals surface area contributed by atoms with Crippen molar-refractivity contribution in [2.45, 2.75) is 19.9 Å². The molecule has 1 aliphatic heterocycles. The van der Waals surface area contributed by atoms with Gasteiger partial charge in [0.05, 0.1) is 47.6 Å². The second-order valence-electron chi connectivity index (χ2n) is 9.49. The molecule has 0 atom stereocenters. The van der Waals surface area contributed by atoms with Crippen LogP contribution >= 0.6 is 0 Å². The average Bonchev–Trinajstić information content (AvgIpc) is 3.33. The summed E-state index contributed by atoms with van der Waals surface area (Å²) >= 11 is 0. The second kappa shape index (κ2) is 10.4. The van der Waals surface area contributed by atoms with Crippen LogP contribution in [0.4, 0.5) is 28.6 Å². The van der Waals surface area contributed by atoms with Crippen LogP contribution in [0.2, 0.25) is 0 Å². The van der Waals surface area contributed by atoms with Crippen LogP contribution in [0.5, 0.6) is 5.75 Å². The zero-order chi connectivity index (χ0) is 25.9. The van der Waals surface area contributed by atoms with Crippen molar-refractivity contribution in [3.8, 4) is 5.75 Å². The lowest BCUT2D eigenvalue weighted by atomic mass is 10.1. The third-order valence-corrected chi connectivity index (χ3v) is 6.87. The van der Waals surface area contributed by atoms with Crippen LogP contribution in [-0.4, -0.2) is 60.1 Å². The van der Waals surface area contributed by atoms with Crippen molar-refractivity contribution in [3.63, 3.8) is 0 Å². The average molecular weight is 500 g/mol. The van der Waals surface area contributed by atoms with Crippen molar-refractivity contribution in [3.05, 3.63) is 66.5 Å². The van der Waals surface area contributed by atoms with Crippen molar-refractivity contribution < 1.29 is 9.53 Å². The number of nitrogens with zero attached hydrogens (tertiary/aromatic N) is 3. The van der Waals surface area contributed by atoms with Crippen LogP contribution in [0.3, 0.4) is 0 Å². The molecule has 5 rings (SSSR count). The fourth-order valence-corrected chi connectivity index (χ4v) is 4.79. The molecular formula is C28H33N7O2. The maximum Gasteiger partial charge on any atom is 0.250 e. The van der Waals surface area contributed by atoms with Crippen molar-refractivity contribution in [2.24, 2.45) is 5.73 Å². The lowest BCUT2D eigenvalue weighted by Crippen LogP contribution is -2.48. The SMILES string of the molecule is COc1cc(N2CCN(C(C)C)CC2)ccc1Nc1cc2c(Nc3ccccc3C(N)=O)cncc2[nH]1. The van der Waals surface area contributed by atoms with Gasteiger partial charge in [-0.25, -0.2) is 0 Å². The molecule has 192 valence electrons. The Kier molecular flexibility index (Phi) is 6.87. The molecule has 0 spiro atoms. The highest BCUT2D eigenvalue weighted by Crippen LogP contribution is 2.35. The zero-order valence-corrected chi connectivity index (χ0v) is 21.4. The van der Waals surface area contributed by atoms with Crippen molar-refractivity contribution >= 4 is 45.4 Å². The molecule has 0 radical (unpaired) electrons. The van der Waals surface area contributed by atoms with Gasteiger partial charge in [0.25, 0.3) is 5.91 Å². The standard InChI is InChI=1S/C28H33N7O2/c1-18(2)34-10-12-35(13-11-34)19-8-9-23(26(14-19)37-3)32-27-15-21-24(16-30-17-25(21)33-27)31-22-7-5-4-6-20(22)28(29)36/h4-9,14-18,31-33H,10-13H2,1-3H3,(H2,29,36). The van der Waals surface area contributed by atoms with E-state index in [1.165, 1.54) is 0 Å². The summed E-state index contributed by atoms with van der Waals surface area (Å²) in [5, 5.41) is 7.68. The number of H-pyrrole nitrogens is 1. The molecule has 3 heterocycles. The predicted octanol–water partition coefficient (Wildman–Crippen LogP) is 4.69. The van der Waals surface area contributed by atoms with Gasteiger partial charge in [-0.3, -0.25) is 14.7 Å². The Bertz CT molecular complexity index is 1410. The maximum absolute atomic E-state index is 11.8. The fraction of sp³-hybridized carbons (Fsp3) is 0.286. The molecule has 1 saturated heterocycles. The Morgan fingerprint density at radius 2 is 1.78 bits per heavy atom. The monoisotopic (exact) mass is 499 g/mol. The van der Waals surface area contributed by atoms with Gasteiger partial charge in [-0.2, -0.15) is 0 Å². The number of carbonyl (C=O) groups excluding carboxylic acids is 1. The van der Waals surface area contributed by atoms with Gasteiger partial charge in [0.15, 0.2) is 0 Å². The van der Waals surface area contributed by atoms with Crippen molar-refractivity contribution in [2.75, 3.05) is 48.8 Å². The number of primary amides is 1. The lowest BCUT2D eigenvalue weighted by molar-refractivity contribution is 0.100. The highest BCUT2D eigenvalue weighted by atomic mass is 16.5. The van der Waals surface area contributed by atoms with E-state index in [1.807, 2.05) is 18.2 Å². The highest BCUT2D eigenvalue weighted by molar-refractivity contribution is 6.01. The number of fused-ring (bicyclic) bond motifs is 1. The highest BCUT2D eigenvalue weighted by Gasteiger charge is 2.20. The van der Waals surface area contributed by atoms with E-state index in [1.54, 1.807) is 31.6 Å². The molecule has 5 N–H and O–H groups in total. The molecule has 1 amide bonds. The van der Waals surface area contributed by atoms with Crippen LogP contribution < -0.4 is 26.0 Å². The quantitative estimate of drug-likeness (QED) is 0.278. The van der Waals surface area contributed by atoms with E-state index in [0.717, 1.165) is 65.7 Å². The number of hydrogen-bond acceptors (Lipinski definition) is 7. The van der Waals surface area contributed by atoms with Gasteiger partial charge in [0, 0.05) is 49.4 Å². The number of anilines is 5. The summed E-state index contributed by atoms with van der Waals surface area (Å²) in [7, 11) is 1.69. The van der Waals surface area contributed by atoms with Gasteiger partial charge in [0.2, 0.25) is 0 Å². The first-order chi connectivity index (χ1) is 17.9. The van der Waals surface area contributed by atoms with E-state index in [9.17, 15) is 4.79 Å². The molecule has 2 aromatic carbocycles. The second-order valence-corrected chi connectivity index (χ2v) is 9.49. The topological polar surface area (TPSA) is 112 Å². The first-order valence-corrected chi connectivity index (χ1v) is 12.5. The summed E-state index contributed by atoms with van der Waals surface area (Å²) in [6.07, 6.45) is 3.49. The summed E-state index contributed by atoms with van der Waals surface area (Å²) < 4.78 is 5.74. The van der Waals surface area contributed by atoms with Crippen LogP contribution in [-0.2, 0) is 0 Å². The Morgan fingerprint density at radius 1 is 1.00 bits per heavy atom. The number of ether oxygens (including phenoxy) is 1. The van der Waals surface area contributed by atoms with Gasteiger partial charge in [-0.15, -0.1) is 0 Å². The summed E-state index contributed by atoms with van der Waals surface area (Å²) in [4.78, 5) is 24.5. The number of hydrogen-bond donors (Lipinski definition) is 4. The van der Waals surface area contributed by atoms with Gasteiger partial charge < -0.3 is 31.0 Å². The molecule has 0 unspecified atom stereocenters. The Hall–Kier alpha value is -4.24. The van der Waals surface area contributed by atoms with E-state index in [0.29, 0.717) is 17.3 Å². The largest absolute Gasteiger partial charge is 0.494 e. The van der Waals surface area contributed by atoms with Gasteiger partial charge in [0.1, 0.15) is 11.6 Å². The number of aromatic nitrogens is 2. The van der Waals surface area contributed by atoms with E-state index < -0.39 is 5.91 Å². The maximum atomic E-state index is 11.8. The van der Waals surface area contributed by atoms with Crippen molar-refractivity contribution in [1.29, 1.82) is 0 Å². The number of benzene rings is 2. The molecule has 0 saturated carbocycles. The molecule has 1 aliphatic rings. The molecule has 9 heteroatoms. The number of methoxy groups -OCH3 is 1. The fourth-order valence-electron chi connectivity index (χ4n) is 4.79. The number of carbonyl (C=O) groups is 1. The molecule has 4 aromatic rings. The number of piperazine rings is 1. The van der Waals surface area contributed by atoms with Crippen molar-refractivity contribution in [1.82, 2.24) is 14.9 Å². The van der Waals surface area contributed by atoms with Crippen LogP contribution in [0.25, 0.3) is 10.9 Å². The van der Waals surface area contributed by atoms with E-state index in [2.05, 4.69) is 62.4 Å². The van der Waals surface area contributed by atoms with Crippen LogP contribution in [0.1, 0.15) is 24.2 Å². The van der Waals surface area contributed by atoms with E-state index in [-0.39, 0.29) is 0 Å². The van der Waals surface area contributed by atoms with Crippen LogP contribution in [0, 0.1) is 0 Å². The molecule has 2 aromatic heterocycles. The third-order valence-electron chi connectivity index (χ3n) is 6.87. The van der Waals surface area contributed by atoms with Gasteiger partial charge >= 0.3 is 0 Å². The van der Waals surface area contributed by atoms with E-state index >= 15 is 0 Å². The minimum Gasteiger partial charge on any atom is -0.494 e. The summed E-state index contributed by atoms with van der Waals surface area (Å²) in [5.74, 6) is 1.08. The smallest absolute Gasteiger partial charge is 0.250 e. The molecule has 0 bridgehead atoms. The summed E-state index contributed by atoms with van der Waals surface area (Å²) in [6.45, 7) is 8.61. The molecule has 1 fully saturated rings. The van der Waals surface area contributed by atoms with Crippen LogP contribution in [0.15, 0.2) is 60.9 Å². The van der Waals surface area contributed by atoms with Gasteiger partial charge in [-0.1, -0.05) is 12.1 Å². The first kappa shape index (κ1) is 24.5. The number of aromatic amines is 1.